The van der Waals surface area contributed by atoms with Crippen LogP contribution in [0.15, 0.2) is 36.5 Å². The van der Waals surface area contributed by atoms with Crippen molar-refractivity contribution in [2.75, 3.05) is 5.32 Å². The first kappa shape index (κ1) is 19.4. The van der Waals surface area contributed by atoms with Gasteiger partial charge in [-0.05, 0) is 48.9 Å². The van der Waals surface area contributed by atoms with Crippen molar-refractivity contribution in [2.24, 2.45) is 11.7 Å². The van der Waals surface area contributed by atoms with Crippen molar-refractivity contribution in [3.05, 3.63) is 53.0 Å². The van der Waals surface area contributed by atoms with Gasteiger partial charge in [0.15, 0.2) is 11.9 Å². The van der Waals surface area contributed by atoms with Crippen LogP contribution in [0.5, 0.6) is 0 Å². The summed E-state index contributed by atoms with van der Waals surface area (Å²) in [6.07, 6.45) is 8.41. The average Bonchev–Trinajstić information content (AvgIpc) is 2.95. The summed E-state index contributed by atoms with van der Waals surface area (Å²) in [7, 11) is 0. The summed E-state index contributed by atoms with van der Waals surface area (Å²) in [6, 6.07) is 8.96. The third kappa shape index (κ3) is 4.48. The van der Waals surface area contributed by atoms with Gasteiger partial charge in [0.2, 0.25) is 5.91 Å². The Balaban J connectivity index is 1.71. The second kappa shape index (κ2) is 8.53. The number of carbonyl (C=O) groups excluding carboxylic acids is 1. The molecule has 1 aliphatic rings. The lowest BCUT2D eigenvalue weighted by Gasteiger charge is -2.21. The molecule has 0 spiro atoms. The van der Waals surface area contributed by atoms with E-state index in [0.717, 1.165) is 52.8 Å². The third-order valence-corrected chi connectivity index (χ3v) is 5.70. The van der Waals surface area contributed by atoms with Crippen molar-refractivity contribution in [3.8, 4) is 11.1 Å². The molecule has 27 heavy (non-hydrogen) atoms. The first-order valence-corrected chi connectivity index (χ1v) is 9.83. The Morgan fingerprint density at radius 1 is 1.11 bits per heavy atom. The van der Waals surface area contributed by atoms with E-state index in [4.69, 9.17) is 5.73 Å². The van der Waals surface area contributed by atoms with E-state index < -0.39 is 6.04 Å². The van der Waals surface area contributed by atoms with Gasteiger partial charge in [0.25, 0.3) is 0 Å². The van der Waals surface area contributed by atoms with Gasteiger partial charge in [-0.15, -0.1) is 0 Å². The summed E-state index contributed by atoms with van der Waals surface area (Å²) >= 11 is 0. The molecule has 0 bridgehead atoms. The standard InChI is InChI=1S/C22H29N3O2/c1-15-13-14-25(27)16(2)20(15)17-9-11-19(12-10-17)24-22(26)21(23)18-7-5-3-4-6-8-18/h9-14,18,21H,3-8,23H2,1-2H3,(H,24,26)/t21-/m0/s1. The number of benzene rings is 1. The number of carbonyl (C=O) groups is 1. The zero-order valence-electron chi connectivity index (χ0n) is 16.2. The quantitative estimate of drug-likeness (QED) is 0.489. The van der Waals surface area contributed by atoms with Gasteiger partial charge >= 0.3 is 0 Å². The molecule has 3 N–H and O–H groups in total. The number of aryl methyl sites for hydroxylation is 1. The molecule has 1 fully saturated rings. The number of aromatic nitrogens is 1. The molecule has 1 aliphatic carbocycles. The summed E-state index contributed by atoms with van der Waals surface area (Å²) in [5.74, 6) is 0.160. The SMILES string of the molecule is Cc1cc[n+]([O-])c(C)c1-c1ccc(NC(=O)[C@@H](N)C2CCCCCC2)cc1. The first-order chi connectivity index (χ1) is 13.0. The molecule has 0 radical (unpaired) electrons. The molecule has 0 unspecified atom stereocenters. The van der Waals surface area contributed by atoms with E-state index in [1.807, 2.05) is 44.2 Å². The predicted octanol–water partition coefficient (Wildman–Crippen LogP) is 3.84. The zero-order chi connectivity index (χ0) is 19.4. The number of hydrogen-bond acceptors (Lipinski definition) is 3. The number of anilines is 1. The zero-order valence-corrected chi connectivity index (χ0v) is 16.2. The summed E-state index contributed by atoms with van der Waals surface area (Å²) in [5.41, 5.74) is 10.6. The molecular weight excluding hydrogens is 338 g/mol. The molecule has 1 heterocycles. The van der Waals surface area contributed by atoms with E-state index in [1.54, 1.807) is 0 Å². The van der Waals surface area contributed by atoms with Crippen molar-refractivity contribution in [1.82, 2.24) is 0 Å². The summed E-state index contributed by atoms with van der Waals surface area (Å²) in [4.78, 5) is 12.6. The third-order valence-electron chi connectivity index (χ3n) is 5.70. The van der Waals surface area contributed by atoms with Crippen LogP contribution in [0.2, 0.25) is 0 Å². The minimum Gasteiger partial charge on any atom is -0.618 e. The fourth-order valence-corrected chi connectivity index (χ4v) is 4.04. The number of nitrogens with one attached hydrogen (secondary N) is 1. The Morgan fingerprint density at radius 3 is 2.37 bits per heavy atom. The van der Waals surface area contributed by atoms with Gasteiger partial charge < -0.3 is 16.3 Å². The largest absolute Gasteiger partial charge is 0.618 e. The smallest absolute Gasteiger partial charge is 0.241 e. The number of hydrogen-bond donors (Lipinski definition) is 2. The maximum Gasteiger partial charge on any atom is 0.241 e. The van der Waals surface area contributed by atoms with Crippen LogP contribution in [-0.2, 0) is 4.79 Å². The molecule has 1 atom stereocenters. The lowest BCUT2D eigenvalue weighted by Crippen LogP contribution is -2.41. The maximum atomic E-state index is 12.6. The number of pyridine rings is 1. The Bertz CT molecular complexity index is 794. The van der Waals surface area contributed by atoms with Crippen LogP contribution in [0.3, 0.4) is 0 Å². The summed E-state index contributed by atoms with van der Waals surface area (Å²) in [6.45, 7) is 3.81. The first-order valence-electron chi connectivity index (χ1n) is 9.83. The fraction of sp³-hybridized carbons (Fsp3) is 0.455. The Hall–Kier alpha value is -2.40. The highest BCUT2D eigenvalue weighted by Crippen LogP contribution is 2.27. The Labute approximate surface area is 161 Å². The average molecular weight is 367 g/mol. The van der Waals surface area contributed by atoms with Crippen LogP contribution in [0.25, 0.3) is 11.1 Å². The Kier molecular flexibility index (Phi) is 6.11. The normalized spacial score (nSPS) is 16.6. The van der Waals surface area contributed by atoms with Crippen LogP contribution in [-0.4, -0.2) is 11.9 Å². The monoisotopic (exact) mass is 367 g/mol. The van der Waals surface area contributed by atoms with E-state index in [1.165, 1.54) is 19.0 Å². The van der Waals surface area contributed by atoms with Gasteiger partial charge in [-0.25, -0.2) is 0 Å². The minimum atomic E-state index is -0.458. The van der Waals surface area contributed by atoms with E-state index in [9.17, 15) is 10.0 Å². The molecule has 1 amide bonds. The van der Waals surface area contributed by atoms with Crippen molar-refractivity contribution < 1.29 is 9.52 Å². The molecular formula is C22H29N3O2. The van der Waals surface area contributed by atoms with E-state index in [2.05, 4.69) is 5.32 Å². The highest BCUT2D eigenvalue weighted by Gasteiger charge is 2.25. The van der Waals surface area contributed by atoms with Crippen molar-refractivity contribution in [2.45, 2.75) is 58.4 Å². The molecule has 1 saturated carbocycles. The van der Waals surface area contributed by atoms with Gasteiger partial charge in [0, 0.05) is 18.7 Å². The van der Waals surface area contributed by atoms with Gasteiger partial charge in [0.05, 0.1) is 11.6 Å². The van der Waals surface area contributed by atoms with E-state index in [-0.39, 0.29) is 11.8 Å². The highest BCUT2D eigenvalue weighted by molar-refractivity contribution is 5.95. The topological polar surface area (TPSA) is 82.1 Å². The molecule has 3 rings (SSSR count). The van der Waals surface area contributed by atoms with Crippen LogP contribution in [0.4, 0.5) is 5.69 Å². The summed E-state index contributed by atoms with van der Waals surface area (Å²) < 4.78 is 0.879. The lowest BCUT2D eigenvalue weighted by atomic mass is 9.92. The molecule has 144 valence electrons. The van der Waals surface area contributed by atoms with Gasteiger partial charge in [-0.3, -0.25) is 4.79 Å². The molecule has 0 aliphatic heterocycles. The fourth-order valence-electron chi connectivity index (χ4n) is 4.04. The van der Waals surface area contributed by atoms with Crippen LogP contribution >= 0.6 is 0 Å². The Morgan fingerprint density at radius 2 is 1.74 bits per heavy atom. The van der Waals surface area contributed by atoms with E-state index >= 15 is 0 Å². The van der Waals surface area contributed by atoms with Crippen molar-refractivity contribution >= 4 is 11.6 Å². The molecule has 2 aromatic rings. The number of amides is 1. The van der Waals surface area contributed by atoms with Crippen molar-refractivity contribution in [3.63, 3.8) is 0 Å². The van der Waals surface area contributed by atoms with Crippen LogP contribution in [0.1, 0.15) is 49.8 Å². The summed E-state index contributed by atoms with van der Waals surface area (Å²) in [5, 5.41) is 14.8. The van der Waals surface area contributed by atoms with Gasteiger partial charge in [-0.2, -0.15) is 4.73 Å². The number of nitrogens with two attached hydrogens (primary N) is 1. The van der Waals surface area contributed by atoms with Crippen LogP contribution < -0.4 is 15.8 Å². The predicted molar refractivity (Wildman–Crippen MR) is 108 cm³/mol. The lowest BCUT2D eigenvalue weighted by molar-refractivity contribution is -0.611. The second-order valence-electron chi connectivity index (χ2n) is 7.63. The highest BCUT2D eigenvalue weighted by atomic mass is 16.5. The van der Waals surface area contributed by atoms with Gasteiger partial charge in [0.1, 0.15) is 0 Å². The molecule has 1 aromatic carbocycles. The van der Waals surface area contributed by atoms with Crippen molar-refractivity contribution in [1.29, 1.82) is 0 Å². The van der Waals surface area contributed by atoms with Crippen LogP contribution in [0, 0.1) is 25.0 Å². The molecule has 5 nitrogen and oxygen atoms in total. The molecule has 0 saturated heterocycles. The van der Waals surface area contributed by atoms with Gasteiger partial charge in [-0.1, -0.05) is 37.8 Å². The second-order valence-corrected chi connectivity index (χ2v) is 7.63. The number of nitrogens with zero attached hydrogens (tertiary/aromatic N) is 1. The minimum absolute atomic E-state index is 0.112. The molecule has 5 heteroatoms. The maximum absolute atomic E-state index is 12.6. The molecule has 1 aromatic heterocycles. The number of rotatable bonds is 4. The van der Waals surface area contributed by atoms with E-state index in [0.29, 0.717) is 5.69 Å².